The molecule has 4 rings (SSSR count). The predicted octanol–water partition coefficient (Wildman–Crippen LogP) is 4.62. The molecule has 156 valence electrons. The van der Waals surface area contributed by atoms with Gasteiger partial charge in [-0.2, -0.15) is 0 Å². The van der Waals surface area contributed by atoms with Crippen LogP contribution in [-0.2, 0) is 11.3 Å². The molecular weight excluding hydrogens is 418 g/mol. The van der Waals surface area contributed by atoms with E-state index in [1.54, 1.807) is 24.3 Å². The quantitative estimate of drug-likeness (QED) is 0.430. The van der Waals surface area contributed by atoms with Crippen molar-refractivity contribution in [1.29, 1.82) is 0 Å². The van der Waals surface area contributed by atoms with Gasteiger partial charge in [0.2, 0.25) is 5.91 Å². The minimum Gasteiger partial charge on any atom is -0.351 e. The van der Waals surface area contributed by atoms with E-state index < -0.39 is 0 Å². The van der Waals surface area contributed by atoms with Crippen LogP contribution in [0.3, 0.4) is 0 Å². The molecule has 0 saturated carbocycles. The molecule has 1 amide bonds. The van der Waals surface area contributed by atoms with E-state index in [0.29, 0.717) is 22.1 Å². The average Bonchev–Trinajstić information content (AvgIpc) is 3.21. The summed E-state index contributed by atoms with van der Waals surface area (Å²) in [6.45, 7) is 0.239. The molecule has 5 nitrogen and oxygen atoms in total. The lowest BCUT2D eigenvalue weighted by Gasteiger charge is -2.10. The normalized spacial score (nSPS) is 10.8. The Bertz CT molecular complexity index is 1180. The number of halogens is 2. The molecule has 0 unspecified atom stereocenters. The Morgan fingerprint density at radius 2 is 1.68 bits per heavy atom. The van der Waals surface area contributed by atoms with Gasteiger partial charge in [0.1, 0.15) is 11.6 Å². The summed E-state index contributed by atoms with van der Waals surface area (Å²) in [5.74, 6) is -0.220. The number of nitrogens with zero attached hydrogens (tertiary/aromatic N) is 3. The van der Waals surface area contributed by atoms with Gasteiger partial charge in [-0.25, -0.2) is 8.78 Å². The Kier molecular flexibility index (Phi) is 6.37. The van der Waals surface area contributed by atoms with Crippen LogP contribution in [0, 0.1) is 11.6 Å². The summed E-state index contributed by atoms with van der Waals surface area (Å²) in [7, 11) is 0. The first-order valence-corrected chi connectivity index (χ1v) is 10.5. The Morgan fingerprint density at radius 1 is 0.903 bits per heavy atom. The van der Waals surface area contributed by atoms with Crippen molar-refractivity contribution >= 4 is 17.7 Å². The van der Waals surface area contributed by atoms with Crippen LogP contribution < -0.4 is 5.32 Å². The molecular formula is C23H18F2N4OS. The molecule has 0 atom stereocenters. The van der Waals surface area contributed by atoms with Crippen LogP contribution in [0.25, 0.3) is 17.1 Å². The Labute approximate surface area is 182 Å². The van der Waals surface area contributed by atoms with E-state index in [4.69, 9.17) is 0 Å². The molecule has 1 heterocycles. The minimum absolute atomic E-state index is 0.115. The fourth-order valence-electron chi connectivity index (χ4n) is 2.99. The average molecular weight is 436 g/mol. The molecule has 0 spiro atoms. The topological polar surface area (TPSA) is 59.8 Å². The molecule has 0 aliphatic heterocycles. The highest BCUT2D eigenvalue weighted by molar-refractivity contribution is 7.99. The van der Waals surface area contributed by atoms with E-state index in [2.05, 4.69) is 15.5 Å². The summed E-state index contributed by atoms with van der Waals surface area (Å²) in [6.07, 6.45) is 0. The SMILES string of the molecule is O=C(CSc1nnc(-c2ccc(F)cc2)n1-c1ccccc1)NCc1cccc(F)c1. The van der Waals surface area contributed by atoms with Crippen molar-refractivity contribution in [2.75, 3.05) is 5.75 Å². The number of carbonyl (C=O) groups excluding carboxylic acids is 1. The fraction of sp³-hybridized carbons (Fsp3) is 0.0870. The number of amides is 1. The zero-order valence-electron chi connectivity index (χ0n) is 16.3. The highest BCUT2D eigenvalue weighted by Gasteiger charge is 2.17. The second-order valence-electron chi connectivity index (χ2n) is 6.68. The first kappa shape index (κ1) is 20.7. The Hall–Kier alpha value is -3.52. The van der Waals surface area contributed by atoms with Crippen LogP contribution in [0.15, 0.2) is 84.0 Å². The Morgan fingerprint density at radius 3 is 2.42 bits per heavy atom. The van der Waals surface area contributed by atoms with Crippen molar-refractivity contribution < 1.29 is 13.6 Å². The number of aromatic nitrogens is 3. The maximum atomic E-state index is 13.3. The van der Waals surface area contributed by atoms with Gasteiger partial charge in [0.15, 0.2) is 11.0 Å². The van der Waals surface area contributed by atoms with E-state index in [-0.39, 0.29) is 29.8 Å². The zero-order chi connectivity index (χ0) is 21.6. The number of nitrogens with one attached hydrogen (secondary N) is 1. The number of para-hydroxylation sites is 1. The van der Waals surface area contributed by atoms with Gasteiger partial charge < -0.3 is 5.32 Å². The smallest absolute Gasteiger partial charge is 0.230 e. The molecule has 0 aliphatic carbocycles. The van der Waals surface area contributed by atoms with Gasteiger partial charge in [0, 0.05) is 17.8 Å². The van der Waals surface area contributed by atoms with Crippen LogP contribution in [0.1, 0.15) is 5.56 Å². The molecule has 1 aromatic heterocycles. The summed E-state index contributed by atoms with van der Waals surface area (Å²) in [4.78, 5) is 12.3. The lowest BCUT2D eigenvalue weighted by Crippen LogP contribution is -2.24. The first-order valence-electron chi connectivity index (χ1n) is 9.51. The van der Waals surface area contributed by atoms with Gasteiger partial charge in [-0.3, -0.25) is 9.36 Å². The van der Waals surface area contributed by atoms with Crippen LogP contribution in [-0.4, -0.2) is 26.4 Å². The van der Waals surface area contributed by atoms with Gasteiger partial charge in [0.05, 0.1) is 5.75 Å². The van der Waals surface area contributed by atoms with Crippen molar-refractivity contribution in [3.05, 3.63) is 96.1 Å². The standard InChI is InChI=1S/C23H18F2N4OS/c24-18-11-9-17(10-12-18)22-27-28-23(29(22)20-7-2-1-3-8-20)31-15-21(30)26-14-16-5-4-6-19(25)13-16/h1-13H,14-15H2,(H,26,30). The Balaban J connectivity index is 1.51. The van der Waals surface area contributed by atoms with E-state index in [1.165, 1.54) is 36.0 Å². The molecule has 1 N–H and O–H groups in total. The lowest BCUT2D eigenvalue weighted by molar-refractivity contribution is -0.118. The summed E-state index contributed by atoms with van der Waals surface area (Å²) >= 11 is 1.24. The molecule has 4 aromatic rings. The third-order valence-electron chi connectivity index (χ3n) is 4.46. The second-order valence-corrected chi connectivity index (χ2v) is 7.62. The van der Waals surface area contributed by atoms with Crippen molar-refractivity contribution in [3.63, 3.8) is 0 Å². The number of hydrogen-bond acceptors (Lipinski definition) is 4. The van der Waals surface area contributed by atoms with Crippen LogP contribution >= 0.6 is 11.8 Å². The molecule has 0 fully saturated rings. The molecule has 0 radical (unpaired) electrons. The van der Waals surface area contributed by atoms with Gasteiger partial charge >= 0.3 is 0 Å². The van der Waals surface area contributed by atoms with Gasteiger partial charge in [-0.1, -0.05) is 42.1 Å². The molecule has 8 heteroatoms. The summed E-state index contributed by atoms with van der Waals surface area (Å²) in [5, 5.41) is 11.8. The molecule has 0 bridgehead atoms. The number of carbonyl (C=O) groups is 1. The number of benzene rings is 3. The maximum Gasteiger partial charge on any atom is 0.230 e. The van der Waals surface area contributed by atoms with Crippen LogP contribution in [0.2, 0.25) is 0 Å². The summed E-state index contributed by atoms with van der Waals surface area (Å²) in [5.41, 5.74) is 2.22. The molecule has 3 aromatic carbocycles. The number of thioether (sulfide) groups is 1. The van der Waals surface area contributed by atoms with Crippen molar-refractivity contribution in [2.24, 2.45) is 0 Å². The zero-order valence-corrected chi connectivity index (χ0v) is 17.2. The third-order valence-corrected chi connectivity index (χ3v) is 5.39. The first-order chi connectivity index (χ1) is 15.1. The fourth-order valence-corrected chi connectivity index (χ4v) is 3.77. The van der Waals surface area contributed by atoms with Gasteiger partial charge in [-0.05, 0) is 54.1 Å². The van der Waals surface area contributed by atoms with Crippen LogP contribution in [0.5, 0.6) is 0 Å². The van der Waals surface area contributed by atoms with Gasteiger partial charge in [0.25, 0.3) is 0 Å². The molecule has 0 aliphatic rings. The second kappa shape index (κ2) is 9.53. The largest absolute Gasteiger partial charge is 0.351 e. The number of hydrogen-bond donors (Lipinski definition) is 1. The highest BCUT2D eigenvalue weighted by Crippen LogP contribution is 2.28. The third kappa shape index (κ3) is 5.16. The molecule has 31 heavy (non-hydrogen) atoms. The van der Waals surface area contributed by atoms with Crippen molar-refractivity contribution in [3.8, 4) is 17.1 Å². The number of rotatable bonds is 7. The molecule has 0 saturated heterocycles. The van der Waals surface area contributed by atoms with E-state index in [9.17, 15) is 13.6 Å². The van der Waals surface area contributed by atoms with E-state index in [0.717, 1.165) is 5.69 Å². The lowest BCUT2D eigenvalue weighted by atomic mass is 10.2. The maximum absolute atomic E-state index is 13.3. The summed E-state index contributed by atoms with van der Waals surface area (Å²) < 4.78 is 28.5. The monoisotopic (exact) mass is 436 g/mol. The van der Waals surface area contributed by atoms with E-state index >= 15 is 0 Å². The van der Waals surface area contributed by atoms with Crippen molar-refractivity contribution in [2.45, 2.75) is 11.7 Å². The highest BCUT2D eigenvalue weighted by atomic mass is 32.2. The van der Waals surface area contributed by atoms with E-state index in [1.807, 2.05) is 34.9 Å². The van der Waals surface area contributed by atoms with Crippen molar-refractivity contribution in [1.82, 2.24) is 20.1 Å². The predicted molar refractivity (Wildman–Crippen MR) is 116 cm³/mol. The minimum atomic E-state index is -0.342. The summed E-state index contributed by atoms with van der Waals surface area (Å²) in [6, 6.07) is 21.6. The van der Waals surface area contributed by atoms with Gasteiger partial charge in [-0.15, -0.1) is 10.2 Å². The van der Waals surface area contributed by atoms with Crippen LogP contribution in [0.4, 0.5) is 8.78 Å².